The number of rotatable bonds is 2. The van der Waals surface area contributed by atoms with Crippen LogP contribution in [0.3, 0.4) is 0 Å². The summed E-state index contributed by atoms with van der Waals surface area (Å²) < 4.78 is 1.47. The van der Waals surface area contributed by atoms with Gasteiger partial charge in [0.1, 0.15) is 5.75 Å². The lowest BCUT2D eigenvalue weighted by atomic mass is 10.00. The number of aromatic hydroxyl groups is 1. The maximum absolute atomic E-state index is 12.7. The molecule has 0 aliphatic rings. The second kappa shape index (κ2) is 5.39. The average Bonchev–Trinajstić information content (AvgIpc) is 2.52. The van der Waals surface area contributed by atoms with Crippen LogP contribution in [0.4, 0.5) is 0 Å². The van der Waals surface area contributed by atoms with Gasteiger partial charge in [0.2, 0.25) is 5.78 Å². The van der Waals surface area contributed by atoms with Gasteiger partial charge in [-0.05, 0) is 49.6 Å². The SMILES string of the molecule is Cc1ccc(O)c(C(=O)c2cc3cc(C)ccc3n(C)c2=O)c1. The number of pyridine rings is 1. The molecule has 0 bridgehead atoms. The predicted octanol–water partition coefficient (Wildman–Crippen LogP) is 3.09. The highest BCUT2D eigenvalue weighted by molar-refractivity contribution is 6.11. The largest absolute Gasteiger partial charge is 0.507 e. The number of ketones is 1. The number of hydrogen-bond acceptors (Lipinski definition) is 3. The summed E-state index contributed by atoms with van der Waals surface area (Å²) in [4.78, 5) is 25.3. The molecule has 4 nitrogen and oxygen atoms in total. The Hall–Kier alpha value is -2.88. The summed E-state index contributed by atoms with van der Waals surface area (Å²) in [6.07, 6.45) is 0. The number of benzene rings is 2. The monoisotopic (exact) mass is 307 g/mol. The van der Waals surface area contributed by atoms with E-state index in [0.29, 0.717) is 0 Å². The third kappa shape index (κ3) is 2.52. The van der Waals surface area contributed by atoms with Crippen LogP contribution >= 0.6 is 0 Å². The Morgan fingerprint density at radius 3 is 2.35 bits per heavy atom. The summed E-state index contributed by atoms with van der Waals surface area (Å²) in [5.41, 5.74) is 2.51. The van der Waals surface area contributed by atoms with Crippen LogP contribution in [0.1, 0.15) is 27.0 Å². The van der Waals surface area contributed by atoms with E-state index in [2.05, 4.69) is 0 Å². The minimum atomic E-state index is -0.463. The molecule has 0 amide bonds. The topological polar surface area (TPSA) is 59.3 Å². The summed E-state index contributed by atoms with van der Waals surface area (Å²) in [7, 11) is 1.65. The van der Waals surface area contributed by atoms with Crippen LogP contribution in [-0.4, -0.2) is 15.5 Å². The van der Waals surface area contributed by atoms with E-state index in [9.17, 15) is 14.7 Å². The lowest BCUT2D eigenvalue weighted by Crippen LogP contribution is -2.25. The van der Waals surface area contributed by atoms with E-state index in [1.54, 1.807) is 25.2 Å². The molecule has 3 aromatic rings. The Labute approximate surface area is 133 Å². The van der Waals surface area contributed by atoms with Gasteiger partial charge in [-0.15, -0.1) is 0 Å². The lowest BCUT2D eigenvalue weighted by Gasteiger charge is -2.10. The Kier molecular flexibility index (Phi) is 3.52. The maximum atomic E-state index is 12.7. The maximum Gasteiger partial charge on any atom is 0.262 e. The van der Waals surface area contributed by atoms with Crippen LogP contribution in [0.2, 0.25) is 0 Å². The van der Waals surface area contributed by atoms with Crippen molar-refractivity contribution in [1.82, 2.24) is 4.57 Å². The third-order valence-corrected chi connectivity index (χ3v) is 4.02. The zero-order valence-corrected chi connectivity index (χ0v) is 13.3. The van der Waals surface area contributed by atoms with E-state index in [1.165, 1.54) is 10.6 Å². The number of phenols is 1. The minimum absolute atomic E-state index is 0.0616. The molecule has 3 rings (SSSR count). The number of carbonyl (C=O) groups excluding carboxylic acids is 1. The molecule has 1 N–H and O–H groups in total. The molecule has 4 heteroatoms. The fraction of sp³-hybridized carbons (Fsp3) is 0.158. The molecule has 1 heterocycles. The normalized spacial score (nSPS) is 10.9. The first kappa shape index (κ1) is 15.0. The van der Waals surface area contributed by atoms with E-state index in [1.807, 2.05) is 32.0 Å². The van der Waals surface area contributed by atoms with Gasteiger partial charge >= 0.3 is 0 Å². The van der Waals surface area contributed by atoms with Crippen LogP contribution in [0.5, 0.6) is 5.75 Å². The molecule has 23 heavy (non-hydrogen) atoms. The van der Waals surface area contributed by atoms with E-state index < -0.39 is 5.78 Å². The first-order chi connectivity index (χ1) is 10.9. The molecule has 0 spiro atoms. The van der Waals surface area contributed by atoms with Crippen LogP contribution in [0, 0.1) is 13.8 Å². The Morgan fingerprint density at radius 1 is 0.957 bits per heavy atom. The van der Waals surface area contributed by atoms with E-state index in [4.69, 9.17) is 0 Å². The molecule has 0 aliphatic carbocycles. The molecule has 116 valence electrons. The van der Waals surface area contributed by atoms with Crippen LogP contribution in [0.15, 0.2) is 47.3 Å². The van der Waals surface area contributed by atoms with E-state index in [0.717, 1.165) is 22.0 Å². The predicted molar refractivity (Wildman–Crippen MR) is 90.2 cm³/mol. The fourth-order valence-electron chi connectivity index (χ4n) is 2.74. The molecule has 1 aromatic heterocycles. The zero-order chi connectivity index (χ0) is 16.7. The molecule has 0 saturated heterocycles. The number of phenolic OH excluding ortho intramolecular Hbond substituents is 1. The second-order valence-electron chi connectivity index (χ2n) is 5.83. The molecule has 0 unspecified atom stereocenters. The fourth-order valence-corrected chi connectivity index (χ4v) is 2.74. The second-order valence-corrected chi connectivity index (χ2v) is 5.83. The van der Waals surface area contributed by atoms with Crippen LogP contribution in [0.25, 0.3) is 10.9 Å². The molecule has 0 saturated carbocycles. The van der Waals surface area contributed by atoms with Gasteiger partial charge in [-0.1, -0.05) is 23.3 Å². The van der Waals surface area contributed by atoms with Crippen molar-refractivity contribution in [1.29, 1.82) is 0 Å². The van der Waals surface area contributed by atoms with Gasteiger partial charge in [0.15, 0.2) is 0 Å². The van der Waals surface area contributed by atoms with Crippen molar-refractivity contribution in [3.8, 4) is 5.75 Å². The van der Waals surface area contributed by atoms with E-state index in [-0.39, 0.29) is 22.4 Å². The van der Waals surface area contributed by atoms with Crippen molar-refractivity contribution in [3.05, 3.63) is 75.1 Å². The molecular weight excluding hydrogens is 290 g/mol. The van der Waals surface area contributed by atoms with Gasteiger partial charge < -0.3 is 9.67 Å². The summed E-state index contributed by atoms with van der Waals surface area (Å²) in [6.45, 7) is 3.79. The van der Waals surface area contributed by atoms with Gasteiger partial charge in [0.25, 0.3) is 5.56 Å². The average molecular weight is 307 g/mol. The van der Waals surface area contributed by atoms with Crippen molar-refractivity contribution < 1.29 is 9.90 Å². The van der Waals surface area contributed by atoms with Gasteiger partial charge in [0.05, 0.1) is 16.6 Å². The number of carbonyl (C=O) groups is 1. The number of nitrogens with zero attached hydrogens (tertiary/aromatic N) is 1. The van der Waals surface area contributed by atoms with Crippen molar-refractivity contribution in [2.24, 2.45) is 7.05 Å². The summed E-state index contributed by atoms with van der Waals surface area (Å²) in [6, 6.07) is 12.1. The van der Waals surface area contributed by atoms with Gasteiger partial charge in [0, 0.05) is 7.05 Å². The third-order valence-electron chi connectivity index (χ3n) is 4.02. The number of aryl methyl sites for hydroxylation is 3. The van der Waals surface area contributed by atoms with Crippen molar-refractivity contribution >= 4 is 16.7 Å². The summed E-state index contributed by atoms with van der Waals surface area (Å²) in [5.74, 6) is -0.581. The smallest absolute Gasteiger partial charge is 0.262 e. The molecule has 0 aliphatic heterocycles. The Bertz CT molecular complexity index is 999. The summed E-state index contributed by atoms with van der Waals surface area (Å²) in [5, 5.41) is 10.8. The highest BCUT2D eigenvalue weighted by atomic mass is 16.3. The zero-order valence-electron chi connectivity index (χ0n) is 13.3. The molecular formula is C19H17NO3. The minimum Gasteiger partial charge on any atom is -0.507 e. The number of hydrogen-bond donors (Lipinski definition) is 1. The molecule has 0 atom stereocenters. The quantitative estimate of drug-likeness (QED) is 0.740. The number of aromatic nitrogens is 1. The molecule has 0 radical (unpaired) electrons. The first-order valence-electron chi connectivity index (χ1n) is 7.33. The first-order valence-corrected chi connectivity index (χ1v) is 7.33. The Morgan fingerprint density at radius 2 is 1.61 bits per heavy atom. The standard InChI is InChI=1S/C19H17NO3/c1-11-4-6-16-13(8-11)10-15(19(23)20(16)3)18(22)14-9-12(2)5-7-17(14)21/h4-10,21H,1-3H3. The molecule has 2 aromatic carbocycles. The van der Waals surface area contributed by atoms with Crippen molar-refractivity contribution in [2.45, 2.75) is 13.8 Å². The Balaban J connectivity index is 2.27. The summed E-state index contributed by atoms with van der Waals surface area (Å²) >= 11 is 0. The highest BCUT2D eigenvalue weighted by Crippen LogP contribution is 2.22. The van der Waals surface area contributed by atoms with E-state index >= 15 is 0 Å². The van der Waals surface area contributed by atoms with Gasteiger partial charge in [-0.2, -0.15) is 0 Å². The molecule has 0 fully saturated rings. The van der Waals surface area contributed by atoms with Crippen LogP contribution in [-0.2, 0) is 7.05 Å². The van der Waals surface area contributed by atoms with Crippen molar-refractivity contribution in [2.75, 3.05) is 0 Å². The van der Waals surface area contributed by atoms with Gasteiger partial charge in [-0.3, -0.25) is 9.59 Å². The van der Waals surface area contributed by atoms with Gasteiger partial charge in [-0.25, -0.2) is 0 Å². The van der Waals surface area contributed by atoms with Crippen molar-refractivity contribution in [3.63, 3.8) is 0 Å². The highest BCUT2D eigenvalue weighted by Gasteiger charge is 2.19. The lowest BCUT2D eigenvalue weighted by molar-refractivity contribution is 0.103. The number of fused-ring (bicyclic) bond motifs is 1. The van der Waals surface area contributed by atoms with Crippen LogP contribution < -0.4 is 5.56 Å².